The van der Waals surface area contributed by atoms with E-state index in [4.69, 9.17) is 0 Å². The molecule has 3 aromatic carbocycles. The molecule has 0 saturated heterocycles. The standard InChI is InChI=1S/C18H2BF13/c20-4-1-3(2-5(21)8(4)22)19(6-9(23)13(27)17(31)14(28)10(6)24)7-11(25)15(29)18(32)16(30)12(7)26/h1-2H. The molecule has 3 aromatic rings. The molecule has 0 N–H and O–H groups in total. The van der Waals surface area contributed by atoms with E-state index in [0.717, 1.165) is 0 Å². The van der Waals surface area contributed by atoms with Gasteiger partial charge >= 0.3 is 0 Å². The maximum absolute atomic E-state index is 14.4. The summed E-state index contributed by atoms with van der Waals surface area (Å²) in [4.78, 5) is 0. The van der Waals surface area contributed by atoms with Crippen LogP contribution in [0.1, 0.15) is 0 Å². The van der Waals surface area contributed by atoms with Crippen molar-refractivity contribution >= 4 is 23.1 Å². The van der Waals surface area contributed by atoms with Crippen LogP contribution in [0.15, 0.2) is 12.1 Å². The summed E-state index contributed by atoms with van der Waals surface area (Å²) < 4.78 is 180. The summed E-state index contributed by atoms with van der Waals surface area (Å²) in [5, 5.41) is 0. The fourth-order valence-corrected chi connectivity index (χ4v) is 2.97. The fraction of sp³-hybridized carbons (Fsp3) is 0. The maximum atomic E-state index is 14.4. The molecule has 0 aromatic heterocycles. The molecule has 32 heavy (non-hydrogen) atoms. The van der Waals surface area contributed by atoms with Gasteiger partial charge in [-0.05, 0) is 12.1 Å². The average molecular weight is 476 g/mol. The summed E-state index contributed by atoms with van der Waals surface area (Å²) >= 11 is 0. The maximum Gasteiger partial charge on any atom is 0.257 e. The van der Waals surface area contributed by atoms with Crippen LogP contribution in [-0.4, -0.2) is 6.71 Å². The summed E-state index contributed by atoms with van der Waals surface area (Å²) in [5.41, 5.74) is -5.86. The molecule has 0 bridgehead atoms. The SMILES string of the molecule is Fc1cc(B(c2c(F)c(F)c(F)c(F)c2F)c2c(F)c(F)c(F)c(F)c2F)cc(F)c1F. The Morgan fingerprint density at radius 2 is 0.594 bits per heavy atom. The molecule has 0 saturated carbocycles. The molecule has 0 spiro atoms. The third-order valence-corrected chi connectivity index (χ3v) is 4.40. The van der Waals surface area contributed by atoms with E-state index in [2.05, 4.69) is 0 Å². The Hall–Kier alpha value is -3.19. The van der Waals surface area contributed by atoms with Crippen molar-refractivity contribution in [1.82, 2.24) is 0 Å². The van der Waals surface area contributed by atoms with Gasteiger partial charge in [-0.15, -0.1) is 0 Å². The van der Waals surface area contributed by atoms with E-state index >= 15 is 0 Å². The molecule has 168 valence electrons. The third-order valence-electron chi connectivity index (χ3n) is 4.40. The van der Waals surface area contributed by atoms with Crippen molar-refractivity contribution in [3.05, 3.63) is 87.8 Å². The number of hydrogen-bond donors (Lipinski definition) is 0. The first-order valence-electron chi connectivity index (χ1n) is 7.98. The molecule has 0 atom stereocenters. The minimum Gasteiger partial charge on any atom is -0.204 e. The Bertz CT molecular complexity index is 1120. The van der Waals surface area contributed by atoms with E-state index in [1.54, 1.807) is 0 Å². The molecule has 0 aliphatic carbocycles. The van der Waals surface area contributed by atoms with E-state index in [1.807, 2.05) is 0 Å². The third kappa shape index (κ3) is 3.37. The second kappa shape index (κ2) is 8.06. The van der Waals surface area contributed by atoms with Gasteiger partial charge in [0.15, 0.2) is 75.6 Å². The molecule has 0 amide bonds. The predicted molar refractivity (Wildman–Crippen MR) is 83.4 cm³/mol. The zero-order valence-electron chi connectivity index (χ0n) is 14.6. The predicted octanol–water partition coefficient (Wildman–Crippen LogP) is 4.01. The molecule has 3 rings (SSSR count). The van der Waals surface area contributed by atoms with Crippen molar-refractivity contribution in [1.29, 1.82) is 0 Å². The van der Waals surface area contributed by atoms with E-state index < -0.39 is 98.7 Å². The number of hydrogen-bond acceptors (Lipinski definition) is 0. The fourth-order valence-electron chi connectivity index (χ4n) is 2.97. The van der Waals surface area contributed by atoms with E-state index in [9.17, 15) is 57.1 Å². The van der Waals surface area contributed by atoms with E-state index in [0.29, 0.717) is 0 Å². The Balaban J connectivity index is 2.56. The van der Waals surface area contributed by atoms with Crippen LogP contribution in [0.5, 0.6) is 0 Å². The van der Waals surface area contributed by atoms with Crippen LogP contribution in [-0.2, 0) is 0 Å². The van der Waals surface area contributed by atoms with Gasteiger partial charge in [-0.3, -0.25) is 0 Å². The molecule has 0 aliphatic heterocycles. The molecular formula is C18H2BF13. The molecular weight excluding hydrogens is 474 g/mol. The van der Waals surface area contributed by atoms with Crippen LogP contribution < -0.4 is 16.4 Å². The van der Waals surface area contributed by atoms with Gasteiger partial charge < -0.3 is 0 Å². The lowest BCUT2D eigenvalue weighted by Crippen LogP contribution is -2.58. The topological polar surface area (TPSA) is 0 Å². The summed E-state index contributed by atoms with van der Waals surface area (Å²) in [6.07, 6.45) is 0. The minimum atomic E-state index is -3.20. The summed E-state index contributed by atoms with van der Waals surface area (Å²) in [6, 6.07) is -0.363. The smallest absolute Gasteiger partial charge is 0.204 e. The first-order valence-corrected chi connectivity index (χ1v) is 7.98. The van der Waals surface area contributed by atoms with Gasteiger partial charge in [-0.2, -0.15) is 0 Å². The lowest BCUT2D eigenvalue weighted by molar-refractivity contribution is 0.382. The van der Waals surface area contributed by atoms with E-state index in [-0.39, 0.29) is 12.1 Å². The van der Waals surface area contributed by atoms with Crippen LogP contribution in [0, 0.1) is 75.6 Å². The first kappa shape index (κ1) is 23.5. The van der Waals surface area contributed by atoms with Gasteiger partial charge in [0.2, 0.25) is 0 Å². The monoisotopic (exact) mass is 476 g/mol. The number of benzene rings is 3. The molecule has 0 heterocycles. The summed E-state index contributed by atoms with van der Waals surface area (Å²) in [7, 11) is 0. The largest absolute Gasteiger partial charge is 0.257 e. The van der Waals surface area contributed by atoms with Crippen molar-refractivity contribution in [3.63, 3.8) is 0 Å². The molecule has 0 fully saturated rings. The Morgan fingerprint density at radius 1 is 0.344 bits per heavy atom. The second-order valence-electron chi connectivity index (χ2n) is 6.20. The van der Waals surface area contributed by atoms with Crippen LogP contribution in [0.2, 0.25) is 0 Å². The first-order chi connectivity index (χ1) is 14.8. The molecule has 0 unspecified atom stereocenters. The Labute approximate surface area is 169 Å². The number of halogens is 13. The van der Waals surface area contributed by atoms with Crippen molar-refractivity contribution in [3.8, 4) is 0 Å². The van der Waals surface area contributed by atoms with Gasteiger partial charge in [0.05, 0.1) is 0 Å². The highest BCUT2D eigenvalue weighted by Gasteiger charge is 2.41. The molecule has 0 nitrogen and oxygen atoms in total. The quantitative estimate of drug-likeness (QED) is 0.232. The highest BCUT2D eigenvalue weighted by molar-refractivity contribution is 6.95. The highest BCUT2D eigenvalue weighted by Crippen LogP contribution is 2.21. The van der Waals surface area contributed by atoms with Crippen LogP contribution >= 0.6 is 0 Å². The summed E-state index contributed by atoms with van der Waals surface area (Å²) in [5.74, 6) is -34.1. The number of rotatable bonds is 3. The normalized spacial score (nSPS) is 11.3. The average Bonchev–Trinajstić information content (AvgIpc) is 2.75. The molecule has 0 aliphatic rings. The van der Waals surface area contributed by atoms with E-state index in [1.165, 1.54) is 0 Å². The molecule has 14 heteroatoms. The van der Waals surface area contributed by atoms with Gasteiger partial charge in [-0.25, -0.2) is 57.1 Å². The lowest BCUT2D eigenvalue weighted by atomic mass is 9.36. The van der Waals surface area contributed by atoms with Crippen molar-refractivity contribution in [2.24, 2.45) is 0 Å². The Kier molecular flexibility index (Phi) is 5.91. The van der Waals surface area contributed by atoms with Crippen molar-refractivity contribution in [2.75, 3.05) is 0 Å². The van der Waals surface area contributed by atoms with Gasteiger partial charge in [0.1, 0.15) is 0 Å². The van der Waals surface area contributed by atoms with Crippen molar-refractivity contribution < 1.29 is 57.1 Å². The molecule has 0 radical (unpaired) electrons. The lowest BCUT2D eigenvalue weighted by Gasteiger charge is -2.20. The minimum absolute atomic E-state index is 0.181. The zero-order valence-corrected chi connectivity index (χ0v) is 14.6. The summed E-state index contributed by atoms with van der Waals surface area (Å²) in [6.45, 7) is -3.20. The van der Waals surface area contributed by atoms with Crippen LogP contribution in [0.3, 0.4) is 0 Å². The van der Waals surface area contributed by atoms with Gasteiger partial charge in [0.25, 0.3) is 6.71 Å². The van der Waals surface area contributed by atoms with Crippen molar-refractivity contribution in [2.45, 2.75) is 0 Å². The van der Waals surface area contributed by atoms with Crippen LogP contribution in [0.4, 0.5) is 57.1 Å². The zero-order chi connectivity index (χ0) is 24.2. The Morgan fingerprint density at radius 3 is 0.875 bits per heavy atom. The van der Waals surface area contributed by atoms with Crippen LogP contribution in [0.25, 0.3) is 0 Å². The van der Waals surface area contributed by atoms with Gasteiger partial charge in [0, 0.05) is 10.9 Å². The second-order valence-corrected chi connectivity index (χ2v) is 6.20. The van der Waals surface area contributed by atoms with Gasteiger partial charge in [-0.1, -0.05) is 5.46 Å². The highest BCUT2D eigenvalue weighted by atomic mass is 19.2.